The van der Waals surface area contributed by atoms with E-state index < -0.39 is 16.1 Å². The van der Waals surface area contributed by atoms with E-state index in [0.717, 1.165) is 16.5 Å². The summed E-state index contributed by atoms with van der Waals surface area (Å²) in [6.07, 6.45) is 2.27. The van der Waals surface area contributed by atoms with E-state index in [9.17, 15) is 13.2 Å². The summed E-state index contributed by atoms with van der Waals surface area (Å²) in [5.74, 6) is -0.290. The quantitative estimate of drug-likeness (QED) is 0.300. The van der Waals surface area contributed by atoms with Crippen molar-refractivity contribution in [2.45, 2.75) is 24.3 Å². The number of likely N-dealkylation sites (N-methyl/N-ethyl adjacent to an activating group) is 1. The summed E-state index contributed by atoms with van der Waals surface area (Å²) in [6.45, 7) is 2.04. The van der Waals surface area contributed by atoms with Crippen LogP contribution in [0.25, 0.3) is 10.9 Å². The van der Waals surface area contributed by atoms with Crippen molar-refractivity contribution < 1.29 is 13.2 Å². The Labute approximate surface area is 224 Å². The maximum Gasteiger partial charge on any atom is 0.245 e. The van der Waals surface area contributed by atoms with Crippen molar-refractivity contribution in [3.63, 3.8) is 0 Å². The molecule has 1 atom stereocenters. The van der Waals surface area contributed by atoms with E-state index in [4.69, 9.17) is 23.2 Å². The van der Waals surface area contributed by atoms with Crippen LogP contribution >= 0.6 is 34.5 Å². The van der Waals surface area contributed by atoms with Crippen molar-refractivity contribution in [3.8, 4) is 0 Å². The maximum atomic E-state index is 13.7. The van der Waals surface area contributed by atoms with Gasteiger partial charge in [-0.3, -0.25) is 9.78 Å². The average Bonchev–Trinajstić information content (AvgIpc) is 3.35. The van der Waals surface area contributed by atoms with E-state index in [1.165, 1.54) is 15.2 Å². The molecule has 6 nitrogen and oxygen atoms in total. The summed E-state index contributed by atoms with van der Waals surface area (Å²) in [5.41, 5.74) is 2.16. The van der Waals surface area contributed by atoms with Crippen LogP contribution in [-0.2, 0) is 21.2 Å². The zero-order chi connectivity index (χ0) is 25.4. The van der Waals surface area contributed by atoms with Crippen LogP contribution in [0.5, 0.6) is 0 Å². The van der Waals surface area contributed by atoms with Gasteiger partial charge < -0.3 is 4.90 Å². The zero-order valence-electron chi connectivity index (χ0n) is 19.4. The number of hydrogen-bond donors (Lipinski definition) is 0. The van der Waals surface area contributed by atoms with Gasteiger partial charge in [-0.05, 0) is 53.3 Å². The number of rotatable bonds is 6. The van der Waals surface area contributed by atoms with Gasteiger partial charge >= 0.3 is 0 Å². The highest BCUT2D eigenvalue weighted by Gasteiger charge is 2.36. The van der Waals surface area contributed by atoms with Crippen molar-refractivity contribution in [1.82, 2.24) is 14.2 Å². The normalized spacial score (nSPS) is 15.9. The lowest BCUT2D eigenvalue weighted by Crippen LogP contribution is -2.46. The van der Waals surface area contributed by atoms with E-state index in [2.05, 4.69) is 4.98 Å². The van der Waals surface area contributed by atoms with Gasteiger partial charge in [-0.15, -0.1) is 11.3 Å². The minimum absolute atomic E-state index is 0.0892. The Morgan fingerprint density at radius 3 is 2.72 bits per heavy atom. The van der Waals surface area contributed by atoms with E-state index in [0.29, 0.717) is 28.5 Å². The molecule has 36 heavy (non-hydrogen) atoms. The number of carbonyl (C=O) groups is 1. The molecule has 1 aliphatic heterocycles. The van der Waals surface area contributed by atoms with E-state index in [1.54, 1.807) is 53.6 Å². The highest BCUT2D eigenvalue weighted by Crippen LogP contribution is 2.41. The first-order valence-corrected chi connectivity index (χ1v) is 14.5. The number of hydrogen-bond acceptors (Lipinski definition) is 5. The highest BCUT2D eigenvalue weighted by atomic mass is 35.5. The molecule has 0 bridgehead atoms. The van der Waals surface area contributed by atoms with Gasteiger partial charge in [0.1, 0.15) is 4.90 Å². The van der Waals surface area contributed by atoms with Crippen molar-refractivity contribution in [1.29, 1.82) is 0 Å². The number of halogens is 2. The minimum atomic E-state index is -3.98. The number of amides is 1. The largest absolute Gasteiger partial charge is 0.330 e. The molecular formula is C26H23Cl2N3O3S2. The zero-order valence-corrected chi connectivity index (χ0v) is 22.5. The van der Waals surface area contributed by atoms with Gasteiger partial charge in [-0.25, -0.2) is 8.42 Å². The second-order valence-electron chi connectivity index (χ2n) is 8.47. The van der Waals surface area contributed by atoms with Gasteiger partial charge in [0.2, 0.25) is 15.9 Å². The Hall–Kier alpha value is -2.49. The Kier molecular flexibility index (Phi) is 7.07. The molecule has 0 aliphatic carbocycles. The molecule has 2 aromatic carbocycles. The number of sulfonamides is 1. The lowest BCUT2D eigenvalue weighted by Gasteiger charge is -2.37. The molecule has 2 aromatic heterocycles. The summed E-state index contributed by atoms with van der Waals surface area (Å²) in [7, 11) is -3.98. The molecule has 1 unspecified atom stereocenters. The fraction of sp³-hybridized carbons (Fsp3) is 0.231. The van der Waals surface area contributed by atoms with Gasteiger partial charge in [0.15, 0.2) is 0 Å². The number of thiophene rings is 1. The lowest BCUT2D eigenvalue weighted by molar-refractivity contribution is -0.133. The number of fused-ring (bicyclic) bond motifs is 2. The first-order valence-electron chi connectivity index (χ1n) is 11.5. The first-order chi connectivity index (χ1) is 17.3. The monoisotopic (exact) mass is 559 g/mol. The average molecular weight is 561 g/mol. The topological polar surface area (TPSA) is 70.6 Å². The molecule has 0 spiro atoms. The fourth-order valence-electron chi connectivity index (χ4n) is 4.68. The summed E-state index contributed by atoms with van der Waals surface area (Å²) in [6, 6.07) is 15.4. The molecule has 0 N–H and O–H groups in total. The van der Waals surface area contributed by atoms with Crippen LogP contribution in [0.3, 0.4) is 0 Å². The van der Waals surface area contributed by atoms with Gasteiger partial charge in [0.25, 0.3) is 0 Å². The van der Waals surface area contributed by atoms with Gasteiger partial charge in [0, 0.05) is 39.6 Å². The number of pyridine rings is 1. The van der Waals surface area contributed by atoms with Crippen LogP contribution in [0.2, 0.25) is 10.0 Å². The molecule has 1 aliphatic rings. The lowest BCUT2D eigenvalue weighted by atomic mass is 9.93. The Morgan fingerprint density at radius 2 is 1.94 bits per heavy atom. The molecule has 0 radical (unpaired) electrons. The fourth-order valence-corrected chi connectivity index (χ4v) is 7.66. The molecule has 0 saturated carbocycles. The Morgan fingerprint density at radius 1 is 1.14 bits per heavy atom. The molecule has 1 amide bonds. The van der Waals surface area contributed by atoms with Gasteiger partial charge in [-0.2, -0.15) is 4.31 Å². The SMILES string of the molecule is CCN(CC(=O)N1CCc2sccc2C1c1ccc(Cl)cc1Cl)S(=O)(=O)c1cccc2cccnc12. The standard InChI is InChI=1S/C26H23Cl2N3O3S2/c1-2-30(36(33,34)23-7-3-5-17-6-4-12-29-25(17)23)16-24(32)31-13-10-22-20(11-14-35-22)26(31)19-9-8-18(27)15-21(19)28/h3-9,11-12,14-15,26H,2,10,13,16H2,1H3. The van der Waals surface area contributed by atoms with Crippen molar-refractivity contribution in [2.75, 3.05) is 19.6 Å². The van der Waals surface area contributed by atoms with Crippen LogP contribution in [0.15, 0.2) is 71.1 Å². The molecular weight excluding hydrogens is 537 g/mol. The van der Waals surface area contributed by atoms with Crippen molar-refractivity contribution in [2.24, 2.45) is 0 Å². The van der Waals surface area contributed by atoms with Crippen LogP contribution in [0.1, 0.15) is 29.0 Å². The second kappa shape index (κ2) is 10.1. The number of nitrogens with zero attached hydrogens (tertiary/aromatic N) is 3. The van der Waals surface area contributed by atoms with Gasteiger partial charge in [0.05, 0.1) is 18.1 Å². The Bertz CT molecular complexity index is 1550. The summed E-state index contributed by atoms with van der Waals surface area (Å²) >= 11 is 14.4. The molecule has 4 aromatic rings. The van der Waals surface area contributed by atoms with E-state index in [1.807, 2.05) is 29.6 Å². The smallest absolute Gasteiger partial charge is 0.245 e. The van der Waals surface area contributed by atoms with Crippen LogP contribution in [-0.4, -0.2) is 48.1 Å². The molecule has 3 heterocycles. The molecule has 0 fully saturated rings. The summed E-state index contributed by atoms with van der Waals surface area (Å²) in [4.78, 5) is 21.0. The predicted octanol–water partition coefficient (Wildman–Crippen LogP) is 5.79. The second-order valence-corrected chi connectivity index (χ2v) is 12.2. The van der Waals surface area contributed by atoms with Crippen LogP contribution < -0.4 is 0 Å². The number of aromatic nitrogens is 1. The first kappa shape index (κ1) is 25.2. The minimum Gasteiger partial charge on any atom is -0.330 e. The van der Waals surface area contributed by atoms with Crippen molar-refractivity contribution >= 4 is 61.4 Å². The van der Waals surface area contributed by atoms with E-state index >= 15 is 0 Å². The third kappa shape index (κ3) is 4.53. The molecule has 0 saturated heterocycles. The summed E-state index contributed by atoms with van der Waals surface area (Å²) in [5, 5.41) is 3.70. The number of para-hydroxylation sites is 1. The van der Waals surface area contributed by atoms with Crippen molar-refractivity contribution in [3.05, 3.63) is 92.2 Å². The Balaban J connectivity index is 1.50. The van der Waals surface area contributed by atoms with E-state index in [-0.39, 0.29) is 23.9 Å². The third-order valence-corrected chi connectivity index (χ3v) is 9.93. The predicted molar refractivity (Wildman–Crippen MR) is 144 cm³/mol. The number of carbonyl (C=O) groups excluding carboxylic acids is 1. The van der Waals surface area contributed by atoms with Crippen LogP contribution in [0, 0.1) is 0 Å². The molecule has 5 rings (SSSR count). The highest BCUT2D eigenvalue weighted by molar-refractivity contribution is 7.89. The van der Waals surface area contributed by atoms with Crippen LogP contribution in [0.4, 0.5) is 0 Å². The molecule has 186 valence electrons. The third-order valence-electron chi connectivity index (χ3n) is 6.42. The summed E-state index contributed by atoms with van der Waals surface area (Å²) < 4.78 is 28.6. The van der Waals surface area contributed by atoms with Gasteiger partial charge in [-0.1, -0.05) is 54.4 Å². The molecule has 10 heteroatoms. The maximum absolute atomic E-state index is 13.7. The number of benzene rings is 2.